The van der Waals surface area contributed by atoms with Crippen molar-refractivity contribution < 1.29 is 27.8 Å². The van der Waals surface area contributed by atoms with Crippen molar-refractivity contribution in [1.29, 1.82) is 0 Å². The van der Waals surface area contributed by atoms with E-state index in [1.54, 1.807) is 0 Å². The third kappa shape index (κ3) is 2.56. The first-order valence-corrected chi connectivity index (χ1v) is 5.51. The Kier molecular flexibility index (Phi) is 3.33. The van der Waals surface area contributed by atoms with E-state index in [2.05, 4.69) is 15.9 Å². The van der Waals surface area contributed by atoms with Crippen LogP contribution in [0.25, 0.3) is 0 Å². The number of benzene rings is 1. The number of aromatic hydroxyl groups is 1. The van der Waals surface area contributed by atoms with Crippen molar-refractivity contribution in [2.24, 2.45) is 0 Å². The summed E-state index contributed by atoms with van der Waals surface area (Å²) in [5.41, 5.74) is -1.13. The third-order valence-corrected chi connectivity index (χ3v) is 2.74. The van der Waals surface area contributed by atoms with Crippen LogP contribution in [0.15, 0.2) is 16.6 Å². The van der Waals surface area contributed by atoms with Crippen molar-refractivity contribution in [3.63, 3.8) is 0 Å². The van der Waals surface area contributed by atoms with Gasteiger partial charge >= 0.3 is 6.18 Å². The van der Waals surface area contributed by atoms with Gasteiger partial charge in [-0.1, -0.05) is 15.9 Å². The van der Waals surface area contributed by atoms with Crippen LogP contribution in [-0.2, 0) is 15.7 Å². The molecule has 3 nitrogen and oxygen atoms in total. The second-order valence-corrected chi connectivity index (χ2v) is 4.38. The molecule has 0 spiro atoms. The number of hydrogen-bond acceptors (Lipinski definition) is 3. The summed E-state index contributed by atoms with van der Waals surface area (Å²) in [6.45, 7) is 0.579. The van der Waals surface area contributed by atoms with Crippen LogP contribution in [0.3, 0.4) is 0 Å². The molecule has 1 saturated heterocycles. The molecule has 1 heterocycles. The van der Waals surface area contributed by atoms with E-state index in [1.807, 2.05) is 0 Å². The Hall–Kier alpha value is -0.790. The van der Waals surface area contributed by atoms with E-state index in [0.29, 0.717) is 0 Å². The highest BCUT2D eigenvalue weighted by atomic mass is 79.9. The van der Waals surface area contributed by atoms with Crippen molar-refractivity contribution in [1.82, 2.24) is 0 Å². The zero-order valence-electron chi connectivity index (χ0n) is 8.42. The molecule has 0 unspecified atom stereocenters. The van der Waals surface area contributed by atoms with E-state index in [1.165, 1.54) is 6.07 Å². The Morgan fingerprint density at radius 1 is 1.24 bits per heavy atom. The van der Waals surface area contributed by atoms with Crippen LogP contribution in [-0.4, -0.2) is 18.3 Å². The minimum Gasteiger partial charge on any atom is -0.507 e. The summed E-state index contributed by atoms with van der Waals surface area (Å²) in [6.07, 6.45) is -5.57. The van der Waals surface area contributed by atoms with Crippen molar-refractivity contribution in [2.45, 2.75) is 12.5 Å². The lowest BCUT2D eigenvalue weighted by molar-refractivity contribution is -0.139. The van der Waals surface area contributed by atoms with Crippen LogP contribution in [0, 0.1) is 0 Å². The van der Waals surface area contributed by atoms with Crippen LogP contribution in [0.2, 0.25) is 0 Å². The second-order valence-electron chi connectivity index (χ2n) is 3.46. The average molecular weight is 313 g/mol. The molecule has 0 aromatic heterocycles. The topological polar surface area (TPSA) is 38.7 Å². The quantitative estimate of drug-likeness (QED) is 0.865. The molecule has 1 aromatic carbocycles. The highest BCUT2D eigenvalue weighted by molar-refractivity contribution is 9.10. The van der Waals surface area contributed by atoms with Gasteiger partial charge in [-0.05, 0) is 12.1 Å². The fourth-order valence-electron chi connectivity index (χ4n) is 1.55. The maximum Gasteiger partial charge on any atom is 0.420 e. The lowest BCUT2D eigenvalue weighted by Crippen LogP contribution is -2.08. The van der Waals surface area contributed by atoms with Gasteiger partial charge in [-0.3, -0.25) is 0 Å². The molecule has 1 aliphatic heterocycles. The van der Waals surface area contributed by atoms with Gasteiger partial charge in [-0.15, -0.1) is 0 Å². The maximum atomic E-state index is 12.6. The molecule has 17 heavy (non-hydrogen) atoms. The summed E-state index contributed by atoms with van der Waals surface area (Å²) < 4.78 is 48.2. The molecule has 2 rings (SSSR count). The first-order valence-electron chi connectivity index (χ1n) is 4.72. The Labute approximate surface area is 103 Å². The van der Waals surface area contributed by atoms with E-state index in [4.69, 9.17) is 9.47 Å². The molecule has 0 atom stereocenters. The number of ether oxygens (including phenoxy) is 2. The van der Waals surface area contributed by atoms with Gasteiger partial charge in [-0.25, -0.2) is 0 Å². The summed E-state index contributed by atoms with van der Waals surface area (Å²) in [4.78, 5) is 0. The minimum absolute atomic E-state index is 0.0239. The monoisotopic (exact) mass is 312 g/mol. The molecule has 1 fully saturated rings. The van der Waals surface area contributed by atoms with Gasteiger partial charge in [-0.2, -0.15) is 13.2 Å². The lowest BCUT2D eigenvalue weighted by Gasteiger charge is -2.16. The highest BCUT2D eigenvalue weighted by Gasteiger charge is 2.37. The number of alkyl halides is 3. The molecule has 7 heteroatoms. The Morgan fingerprint density at radius 3 is 2.35 bits per heavy atom. The number of hydrogen-bond donors (Lipinski definition) is 1. The zero-order valence-corrected chi connectivity index (χ0v) is 10.0. The van der Waals surface area contributed by atoms with Gasteiger partial charge < -0.3 is 14.6 Å². The fraction of sp³-hybridized carbons (Fsp3) is 0.400. The van der Waals surface area contributed by atoms with Crippen LogP contribution >= 0.6 is 15.9 Å². The Bertz CT molecular complexity index is 428. The molecule has 0 amide bonds. The third-order valence-electron chi connectivity index (χ3n) is 2.29. The molecular weight excluding hydrogens is 305 g/mol. The fourth-order valence-corrected chi connectivity index (χ4v) is 2.03. The molecular formula is C10H8BrF3O3. The number of rotatable bonds is 1. The molecule has 0 bridgehead atoms. The predicted molar refractivity (Wildman–Crippen MR) is 55.5 cm³/mol. The average Bonchev–Trinajstić information content (AvgIpc) is 2.72. The Morgan fingerprint density at radius 2 is 1.82 bits per heavy atom. The lowest BCUT2D eigenvalue weighted by atomic mass is 10.1. The van der Waals surface area contributed by atoms with Crippen LogP contribution in [0.4, 0.5) is 13.2 Å². The van der Waals surface area contributed by atoms with Gasteiger partial charge in [0.25, 0.3) is 0 Å². The number of halogens is 4. The molecule has 1 N–H and O–H groups in total. The molecule has 0 aliphatic carbocycles. The van der Waals surface area contributed by atoms with Crippen LogP contribution < -0.4 is 0 Å². The van der Waals surface area contributed by atoms with Gasteiger partial charge in [0.1, 0.15) is 5.75 Å². The van der Waals surface area contributed by atoms with Gasteiger partial charge in [0, 0.05) is 4.47 Å². The van der Waals surface area contributed by atoms with Crippen LogP contribution in [0.1, 0.15) is 17.4 Å². The van der Waals surface area contributed by atoms with Gasteiger partial charge in [0.05, 0.1) is 24.3 Å². The molecule has 0 radical (unpaired) electrons. The number of phenols is 1. The summed E-state index contributed by atoms with van der Waals surface area (Å²) in [5, 5.41) is 9.61. The van der Waals surface area contributed by atoms with Crippen molar-refractivity contribution in [3.05, 3.63) is 27.7 Å². The summed E-state index contributed by atoms with van der Waals surface area (Å²) in [5.74, 6) is -0.854. The summed E-state index contributed by atoms with van der Waals surface area (Å²) in [7, 11) is 0. The van der Waals surface area contributed by atoms with Crippen LogP contribution in [0.5, 0.6) is 5.75 Å². The smallest absolute Gasteiger partial charge is 0.420 e. The van der Waals surface area contributed by atoms with Crippen molar-refractivity contribution >= 4 is 15.9 Å². The van der Waals surface area contributed by atoms with E-state index < -0.39 is 23.8 Å². The van der Waals surface area contributed by atoms with E-state index in [9.17, 15) is 18.3 Å². The van der Waals surface area contributed by atoms with Gasteiger partial charge in [0.2, 0.25) is 0 Å². The highest BCUT2D eigenvalue weighted by Crippen LogP contribution is 2.42. The molecule has 0 saturated carbocycles. The SMILES string of the molecule is Oc1c(C2OCCO2)cc(Br)cc1C(F)(F)F. The second kappa shape index (κ2) is 4.47. The van der Waals surface area contributed by atoms with E-state index in [-0.39, 0.29) is 23.2 Å². The van der Waals surface area contributed by atoms with Gasteiger partial charge in [0.15, 0.2) is 6.29 Å². The summed E-state index contributed by atoms with van der Waals surface area (Å²) in [6, 6.07) is 2.16. The maximum absolute atomic E-state index is 12.6. The largest absolute Gasteiger partial charge is 0.507 e. The standard InChI is InChI=1S/C10H8BrF3O3/c11-5-3-6(9-16-1-2-17-9)8(15)7(4-5)10(12,13)14/h3-4,9,15H,1-2H2. The van der Waals surface area contributed by atoms with Crippen molar-refractivity contribution in [2.75, 3.05) is 13.2 Å². The minimum atomic E-state index is -4.62. The zero-order chi connectivity index (χ0) is 12.6. The first-order chi connectivity index (χ1) is 7.89. The van der Waals surface area contributed by atoms with E-state index in [0.717, 1.165) is 6.07 Å². The first kappa shape index (κ1) is 12.7. The number of phenolic OH excluding ortho intramolecular Hbond substituents is 1. The molecule has 1 aromatic rings. The van der Waals surface area contributed by atoms with E-state index >= 15 is 0 Å². The molecule has 1 aliphatic rings. The van der Waals surface area contributed by atoms with Crippen molar-refractivity contribution in [3.8, 4) is 5.75 Å². The normalized spacial score (nSPS) is 17.6. The Balaban J connectivity index is 2.49. The summed E-state index contributed by atoms with van der Waals surface area (Å²) >= 11 is 2.96. The molecule has 94 valence electrons. The predicted octanol–water partition coefficient (Wildman–Crippen LogP) is 3.22.